The minimum atomic E-state index is -4.92. The van der Waals surface area contributed by atoms with Crippen LogP contribution in [0.5, 0.6) is 0 Å². The van der Waals surface area contributed by atoms with Gasteiger partial charge in [-0.25, -0.2) is 29.6 Å². The number of piperazine rings is 1. The summed E-state index contributed by atoms with van der Waals surface area (Å²) in [4.78, 5) is 51.9. The summed E-state index contributed by atoms with van der Waals surface area (Å²) in [6.07, 6.45) is -5.95. The first-order valence-corrected chi connectivity index (χ1v) is 18.8. The normalized spacial score (nSPS) is 18.4. The van der Waals surface area contributed by atoms with Crippen LogP contribution in [0.25, 0.3) is 32.2 Å². The van der Waals surface area contributed by atoms with Gasteiger partial charge in [-0.2, -0.15) is 23.2 Å². The fourth-order valence-electron chi connectivity index (χ4n) is 6.70. The Morgan fingerprint density at radius 2 is 1.64 bits per heavy atom. The van der Waals surface area contributed by atoms with Crippen LogP contribution in [0.4, 0.5) is 38.1 Å². The minimum absolute atomic E-state index is 0.0503. The van der Waals surface area contributed by atoms with Crippen molar-refractivity contribution in [3.8, 4) is 11.1 Å². The zero-order valence-corrected chi connectivity index (χ0v) is 32.2. The average Bonchev–Trinajstić information content (AvgIpc) is 3.35. The van der Waals surface area contributed by atoms with Gasteiger partial charge < -0.3 is 14.4 Å². The van der Waals surface area contributed by atoms with Crippen LogP contribution in [0.3, 0.4) is 0 Å². The number of hydrogen-bond donors (Lipinski definition) is 1. The number of nitrogens with zero attached hydrogens (tertiary/aromatic N) is 6. The van der Waals surface area contributed by atoms with E-state index < -0.39 is 58.7 Å². The van der Waals surface area contributed by atoms with Crippen LogP contribution in [0.1, 0.15) is 67.4 Å². The Morgan fingerprint density at radius 3 is 2.25 bits per heavy atom. The van der Waals surface area contributed by atoms with Crippen molar-refractivity contribution in [2.75, 3.05) is 28.8 Å². The summed E-state index contributed by atoms with van der Waals surface area (Å²) in [7, 11) is 0. The first kappa shape index (κ1) is 38.6. The van der Waals surface area contributed by atoms with Crippen molar-refractivity contribution in [1.82, 2.24) is 19.4 Å². The van der Waals surface area contributed by atoms with Crippen LogP contribution >= 0.6 is 23.1 Å². The maximum Gasteiger partial charge on any atom is 0.431 e. The summed E-state index contributed by atoms with van der Waals surface area (Å²) in [6, 6.07) is 2.38. The van der Waals surface area contributed by atoms with E-state index in [2.05, 4.69) is 9.97 Å². The number of rotatable bonds is 3. The molecule has 2 unspecified atom stereocenters. The molecule has 0 radical (unpaired) electrons. The molecule has 0 saturated carbocycles. The third kappa shape index (κ3) is 7.49. The Balaban J connectivity index is 1.56. The lowest BCUT2D eigenvalue weighted by molar-refractivity contribution is -0.137. The highest BCUT2D eigenvalue weighted by Gasteiger charge is 2.41. The molecular weight excluding hydrogens is 739 g/mol. The first-order valence-electron chi connectivity index (χ1n) is 17.0. The average molecular weight is 780 g/mol. The van der Waals surface area contributed by atoms with Crippen LogP contribution < -0.4 is 21.4 Å². The second kappa shape index (κ2) is 13.6. The molecule has 18 heteroatoms. The number of carbonyl (C=O) groups excluding carboxylic acids is 2. The fraction of sp³-hybridized carbons (Fsp3) is 0.514. The Bertz CT molecular complexity index is 2170. The van der Waals surface area contributed by atoms with Gasteiger partial charge in [-0.15, -0.1) is 11.8 Å². The van der Waals surface area contributed by atoms with E-state index in [1.54, 1.807) is 65.2 Å². The summed E-state index contributed by atoms with van der Waals surface area (Å²) in [6.45, 7) is 14.3. The van der Waals surface area contributed by atoms with E-state index in [1.807, 2.05) is 0 Å². The molecule has 2 aliphatic heterocycles. The van der Waals surface area contributed by atoms with Gasteiger partial charge in [0.15, 0.2) is 0 Å². The Morgan fingerprint density at radius 1 is 1.00 bits per heavy atom. The van der Waals surface area contributed by atoms with Crippen LogP contribution in [-0.2, 0) is 22.2 Å². The highest BCUT2D eigenvalue weighted by Crippen LogP contribution is 2.50. The van der Waals surface area contributed by atoms with E-state index in [0.717, 1.165) is 23.9 Å². The molecule has 286 valence electrons. The van der Waals surface area contributed by atoms with Crippen molar-refractivity contribution < 1.29 is 36.6 Å². The number of anilines is 2. The number of carbonyl (C=O) groups is 2. The smallest absolute Gasteiger partial charge is 0.431 e. The third-order valence-electron chi connectivity index (χ3n) is 8.65. The lowest BCUT2D eigenvalue weighted by atomic mass is 9.95. The topological polar surface area (TPSA) is 136 Å². The van der Waals surface area contributed by atoms with Crippen molar-refractivity contribution in [2.45, 2.75) is 103 Å². The van der Waals surface area contributed by atoms with E-state index in [-0.39, 0.29) is 67.7 Å². The summed E-state index contributed by atoms with van der Waals surface area (Å²) in [5, 5.41) is 0.518. The SMILES string of the molecule is CC1CN(c2nc(=O)n3c4c(c(-c5ccc(F)c6sc(N(N)C(=O)OC(C)(C)C)nc56)c(C(F)(F)F)cc24)SCCC3)CC(C)N1C(=O)OC(C)(C)C. The predicted molar refractivity (Wildman–Crippen MR) is 197 cm³/mol. The van der Waals surface area contributed by atoms with Crippen LogP contribution in [-0.4, -0.2) is 73.7 Å². The predicted octanol–water partition coefficient (Wildman–Crippen LogP) is 7.78. The number of fused-ring (bicyclic) bond motifs is 1. The van der Waals surface area contributed by atoms with E-state index in [4.69, 9.17) is 15.3 Å². The van der Waals surface area contributed by atoms with Crippen molar-refractivity contribution >= 4 is 67.4 Å². The molecular formula is C35H41F4N7O5S2. The number of amides is 2. The molecule has 2 aromatic carbocycles. The van der Waals surface area contributed by atoms with E-state index in [9.17, 15) is 14.4 Å². The number of alkyl halides is 3. The number of nitrogens with two attached hydrogens (primary N) is 1. The van der Waals surface area contributed by atoms with Gasteiger partial charge in [-0.1, -0.05) is 11.3 Å². The second-order valence-electron chi connectivity index (χ2n) is 15.2. The van der Waals surface area contributed by atoms with Crippen molar-refractivity contribution in [2.24, 2.45) is 5.84 Å². The van der Waals surface area contributed by atoms with Crippen molar-refractivity contribution in [3.05, 3.63) is 40.1 Å². The Labute approximate surface area is 311 Å². The Kier molecular flexibility index (Phi) is 9.90. The molecule has 0 aliphatic carbocycles. The molecule has 1 fully saturated rings. The molecule has 2 N–H and O–H groups in total. The van der Waals surface area contributed by atoms with Crippen LogP contribution in [0.2, 0.25) is 0 Å². The van der Waals surface area contributed by atoms with Crippen molar-refractivity contribution in [1.29, 1.82) is 0 Å². The highest BCUT2D eigenvalue weighted by molar-refractivity contribution is 7.99. The number of aromatic nitrogens is 3. The van der Waals surface area contributed by atoms with Gasteiger partial charge in [0.1, 0.15) is 22.8 Å². The molecule has 2 atom stereocenters. The molecule has 2 aliphatic rings. The number of thiazole rings is 1. The highest BCUT2D eigenvalue weighted by atomic mass is 32.2. The quantitative estimate of drug-likeness (QED) is 0.0951. The largest absolute Gasteiger partial charge is 0.444 e. The maximum absolute atomic E-state index is 15.4. The molecule has 12 nitrogen and oxygen atoms in total. The number of benzene rings is 2. The molecule has 2 aromatic heterocycles. The number of halogens is 4. The number of hydrazine groups is 1. The number of aryl methyl sites for hydroxylation is 1. The first-order chi connectivity index (χ1) is 24.6. The maximum atomic E-state index is 15.4. The zero-order valence-electron chi connectivity index (χ0n) is 30.6. The number of hydrogen-bond acceptors (Lipinski definition) is 11. The van der Waals surface area contributed by atoms with Crippen molar-refractivity contribution in [3.63, 3.8) is 0 Å². The standard InChI is InChI=1S/C35H41F4N7O5S2/c1-17-15-43(16-18(2)45(17)31(48)50-33(3,4)5)28-20-14-21(35(37,38)39)23(27-25(20)44(29(47)42-28)12-9-13-52-27)19-10-11-22(36)26-24(19)41-30(53-26)46(40)32(49)51-34(6,7)8/h10-11,14,17-18H,9,12-13,15-16,40H2,1-8H3. The van der Waals surface area contributed by atoms with Gasteiger partial charge >= 0.3 is 24.1 Å². The number of thioether (sulfide) groups is 1. The minimum Gasteiger partial charge on any atom is -0.444 e. The molecule has 2 amide bonds. The van der Waals surface area contributed by atoms with Crippen LogP contribution in [0, 0.1) is 5.82 Å². The third-order valence-corrected chi connectivity index (χ3v) is 10.9. The summed E-state index contributed by atoms with van der Waals surface area (Å²) in [5.74, 6) is 5.71. The molecule has 53 heavy (non-hydrogen) atoms. The number of ether oxygens (including phenoxy) is 2. The molecule has 4 aromatic rings. The summed E-state index contributed by atoms with van der Waals surface area (Å²) in [5.41, 5.74) is -3.52. The Hall–Kier alpha value is -4.16. The lowest BCUT2D eigenvalue weighted by Crippen LogP contribution is -2.59. The van der Waals surface area contributed by atoms with E-state index in [0.29, 0.717) is 28.5 Å². The monoisotopic (exact) mass is 779 g/mol. The zero-order chi connectivity index (χ0) is 38.9. The molecule has 6 rings (SSSR count). The van der Waals surface area contributed by atoms with Gasteiger partial charge in [-0.3, -0.25) is 9.47 Å². The fourth-order valence-corrected chi connectivity index (χ4v) is 8.81. The van der Waals surface area contributed by atoms with E-state index in [1.165, 1.54) is 10.6 Å². The molecule has 0 spiro atoms. The molecule has 4 heterocycles. The van der Waals surface area contributed by atoms with Gasteiger partial charge in [0.2, 0.25) is 5.13 Å². The summed E-state index contributed by atoms with van der Waals surface area (Å²) >= 11 is 1.86. The second-order valence-corrected chi connectivity index (χ2v) is 17.3. The lowest BCUT2D eigenvalue weighted by Gasteiger charge is -2.45. The van der Waals surface area contributed by atoms with Crippen LogP contribution in [0.15, 0.2) is 27.9 Å². The van der Waals surface area contributed by atoms with E-state index >= 15 is 17.6 Å². The molecule has 1 saturated heterocycles. The summed E-state index contributed by atoms with van der Waals surface area (Å²) < 4.78 is 73.7. The van der Waals surface area contributed by atoms with Gasteiger partial charge in [0.25, 0.3) is 0 Å². The van der Waals surface area contributed by atoms with Gasteiger partial charge in [0, 0.05) is 41.0 Å². The molecule has 0 bridgehead atoms. The van der Waals surface area contributed by atoms with Gasteiger partial charge in [0.05, 0.1) is 33.4 Å². The van der Waals surface area contributed by atoms with Gasteiger partial charge in [-0.05, 0) is 85.8 Å².